The van der Waals surface area contributed by atoms with E-state index in [0.717, 1.165) is 24.0 Å². The molecule has 0 fully saturated rings. The molecule has 0 radical (unpaired) electrons. The summed E-state index contributed by atoms with van der Waals surface area (Å²) in [6.07, 6.45) is -3.64. The van der Waals surface area contributed by atoms with E-state index in [1.54, 1.807) is 0 Å². The molecule has 0 aliphatic carbocycles. The molecule has 26 heavy (non-hydrogen) atoms. The minimum atomic E-state index is -4.44. The maximum atomic E-state index is 12.4. The highest BCUT2D eigenvalue weighted by molar-refractivity contribution is 7.99. The van der Waals surface area contributed by atoms with E-state index >= 15 is 0 Å². The van der Waals surface area contributed by atoms with Gasteiger partial charge in [0.2, 0.25) is 15.9 Å². The number of carbonyl (C=O) groups is 1. The predicted octanol–water partition coefficient (Wildman–Crippen LogP) is 2.87. The standard InChI is InChI=1S/C15H14F3N3O3S2/c16-15(17,18)10-4-5-14(20-9-10)25-7-6-13(22)21-11-2-1-3-12(8-11)26(19,23)24/h1-5,8-9H,6-7H2,(H,21,22)(H2,19,23,24). The van der Waals surface area contributed by atoms with Crippen LogP contribution in [0.1, 0.15) is 12.0 Å². The topological polar surface area (TPSA) is 102 Å². The highest BCUT2D eigenvalue weighted by Gasteiger charge is 2.30. The van der Waals surface area contributed by atoms with Gasteiger partial charge in [-0.05, 0) is 30.3 Å². The van der Waals surface area contributed by atoms with Gasteiger partial charge in [0.15, 0.2) is 0 Å². The zero-order valence-electron chi connectivity index (χ0n) is 13.2. The van der Waals surface area contributed by atoms with Gasteiger partial charge in [-0.2, -0.15) is 13.2 Å². The van der Waals surface area contributed by atoms with Crippen molar-refractivity contribution in [2.75, 3.05) is 11.1 Å². The van der Waals surface area contributed by atoms with Gasteiger partial charge >= 0.3 is 6.18 Å². The first kappa shape index (κ1) is 20.2. The van der Waals surface area contributed by atoms with Crippen LogP contribution >= 0.6 is 11.8 Å². The van der Waals surface area contributed by atoms with Crippen molar-refractivity contribution in [3.63, 3.8) is 0 Å². The van der Waals surface area contributed by atoms with Crippen LogP contribution in [0.5, 0.6) is 0 Å². The Balaban J connectivity index is 1.86. The van der Waals surface area contributed by atoms with E-state index in [1.807, 2.05) is 0 Å². The first-order valence-corrected chi connectivity index (χ1v) is 9.68. The molecule has 0 saturated carbocycles. The first-order chi connectivity index (χ1) is 12.1. The second-order valence-corrected chi connectivity index (χ2v) is 7.78. The number of halogens is 3. The van der Waals surface area contributed by atoms with Crippen molar-refractivity contribution in [1.82, 2.24) is 4.98 Å². The van der Waals surface area contributed by atoms with Gasteiger partial charge in [0, 0.05) is 24.1 Å². The van der Waals surface area contributed by atoms with E-state index in [9.17, 15) is 26.4 Å². The maximum absolute atomic E-state index is 12.4. The number of alkyl halides is 3. The summed E-state index contributed by atoms with van der Waals surface area (Å²) in [6, 6.07) is 7.65. The van der Waals surface area contributed by atoms with Crippen molar-refractivity contribution >= 4 is 33.4 Å². The predicted molar refractivity (Wildman–Crippen MR) is 91.0 cm³/mol. The molecular weight excluding hydrogens is 391 g/mol. The number of benzene rings is 1. The summed E-state index contributed by atoms with van der Waals surface area (Å²) in [4.78, 5) is 15.4. The molecule has 1 aromatic heterocycles. The van der Waals surface area contributed by atoms with E-state index in [4.69, 9.17) is 5.14 Å². The number of nitrogens with two attached hydrogens (primary N) is 1. The molecule has 2 aromatic rings. The molecule has 140 valence electrons. The van der Waals surface area contributed by atoms with E-state index in [0.29, 0.717) is 10.8 Å². The summed E-state index contributed by atoms with van der Waals surface area (Å²) in [5.74, 6) is -0.0880. The molecule has 1 aromatic carbocycles. The molecule has 0 unspecified atom stereocenters. The van der Waals surface area contributed by atoms with Crippen LogP contribution in [0.2, 0.25) is 0 Å². The number of hydrogen-bond donors (Lipinski definition) is 2. The van der Waals surface area contributed by atoms with Crippen LogP contribution < -0.4 is 10.5 Å². The van der Waals surface area contributed by atoms with Gasteiger partial charge < -0.3 is 5.32 Å². The van der Waals surface area contributed by atoms with Gasteiger partial charge in [-0.3, -0.25) is 4.79 Å². The Hall–Kier alpha value is -2.11. The van der Waals surface area contributed by atoms with Crippen LogP contribution in [0.25, 0.3) is 0 Å². The van der Waals surface area contributed by atoms with Crippen LogP contribution in [0.15, 0.2) is 52.5 Å². The number of aromatic nitrogens is 1. The lowest BCUT2D eigenvalue weighted by molar-refractivity contribution is -0.137. The Morgan fingerprint density at radius 1 is 1.23 bits per heavy atom. The maximum Gasteiger partial charge on any atom is 0.417 e. The average Bonchev–Trinajstić information content (AvgIpc) is 2.54. The number of rotatable bonds is 6. The highest BCUT2D eigenvalue weighted by atomic mass is 32.2. The number of carbonyl (C=O) groups excluding carboxylic acids is 1. The zero-order chi connectivity index (χ0) is 19.4. The average molecular weight is 405 g/mol. The Kier molecular flexibility index (Phi) is 6.26. The zero-order valence-corrected chi connectivity index (χ0v) is 14.8. The van der Waals surface area contributed by atoms with Gasteiger partial charge in [-0.15, -0.1) is 11.8 Å². The molecule has 0 spiro atoms. The fourth-order valence-electron chi connectivity index (χ4n) is 1.86. The Labute approximate surface area is 152 Å². The molecule has 3 N–H and O–H groups in total. The van der Waals surface area contributed by atoms with Crippen molar-refractivity contribution in [2.24, 2.45) is 5.14 Å². The quantitative estimate of drug-likeness (QED) is 0.720. The minimum absolute atomic E-state index is 0.0625. The molecule has 0 atom stereocenters. The summed E-state index contributed by atoms with van der Waals surface area (Å²) >= 11 is 1.13. The lowest BCUT2D eigenvalue weighted by atomic mass is 10.3. The van der Waals surface area contributed by atoms with Crippen molar-refractivity contribution in [2.45, 2.75) is 22.5 Å². The van der Waals surface area contributed by atoms with Crippen LogP contribution in [0.3, 0.4) is 0 Å². The summed E-state index contributed by atoms with van der Waals surface area (Å²) in [5, 5.41) is 7.91. The van der Waals surface area contributed by atoms with Crippen LogP contribution in [0, 0.1) is 0 Å². The number of nitrogens with one attached hydrogen (secondary N) is 1. The number of nitrogens with zero attached hydrogens (tertiary/aromatic N) is 1. The Morgan fingerprint density at radius 3 is 2.54 bits per heavy atom. The fraction of sp³-hybridized carbons (Fsp3) is 0.200. The number of thioether (sulfide) groups is 1. The SMILES string of the molecule is NS(=O)(=O)c1cccc(NC(=O)CCSc2ccc(C(F)(F)F)cn2)c1. The number of amides is 1. The summed E-state index contributed by atoms with van der Waals surface area (Å²) in [7, 11) is -3.87. The molecule has 2 rings (SSSR count). The summed E-state index contributed by atoms with van der Waals surface area (Å²) < 4.78 is 59.9. The van der Waals surface area contributed by atoms with E-state index in [2.05, 4.69) is 10.3 Å². The largest absolute Gasteiger partial charge is 0.417 e. The third-order valence-corrected chi connectivity index (χ3v) is 4.95. The van der Waals surface area contributed by atoms with Crippen LogP contribution in [-0.4, -0.2) is 25.1 Å². The van der Waals surface area contributed by atoms with Gasteiger partial charge in [0.1, 0.15) is 0 Å². The number of sulfonamides is 1. The molecular formula is C15H14F3N3O3S2. The normalized spacial score (nSPS) is 12.0. The lowest BCUT2D eigenvalue weighted by Crippen LogP contribution is -2.15. The third-order valence-electron chi connectivity index (χ3n) is 3.09. The summed E-state index contributed by atoms with van der Waals surface area (Å²) in [5.41, 5.74) is -0.562. The fourth-order valence-corrected chi connectivity index (χ4v) is 3.20. The van der Waals surface area contributed by atoms with E-state index in [-0.39, 0.29) is 22.9 Å². The third kappa shape index (κ3) is 6.00. The molecule has 0 aliphatic rings. The number of hydrogen-bond acceptors (Lipinski definition) is 5. The Morgan fingerprint density at radius 2 is 1.96 bits per heavy atom. The Bertz CT molecular complexity index is 885. The van der Waals surface area contributed by atoms with Gasteiger partial charge in [0.05, 0.1) is 15.5 Å². The van der Waals surface area contributed by atoms with Gasteiger partial charge in [-0.1, -0.05) is 6.07 Å². The van der Waals surface area contributed by atoms with Gasteiger partial charge in [0.25, 0.3) is 0 Å². The van der Waals surface area contributed by atoms with Crippen molar-refractivity contribution in [3.05, 3.63) is 48.2 Å². The smallest absolute Gasteiger partial charge is 0.326 e. The van der Waals surface area contributed by atoms with Crippen molar-refractivity contribution in [1.29, 1.82) is 0 Å². The minimum Gasteiger partial charge on any atom is -0.326 e. The van der Waals surface area contributed by atoms with Crippen molar-refractivity contribution < 1.29 is 26.4 Å². The van der Waals surface area contributed by atoms with Crippen LogP contribution in [-0.2, 0) is 21.0 Å². The molecule has 1 amide bonds. The van der Waals surface area contributed by atoms with Crippen molar-refractivity contribution in [3.8, 4) is 0 Å². The highest BCUT2D eigenvalue weighted by Crippen LogP contribution is 2.29. The number of primary sulfonamides is 1. The molecule has 0 saturated heterocycles. The lowest BCUT2D eigenvalue weighted by Gasteiger charge is -2.08. The molecule has 1 heterocycles. The monoisotopic (exact) mass is 405 g/mol. The second kappa shape index (κ2) is 8.06. The summed E-state index contributed by atoms with van der Waals surface area (Å²) in [6.45, 7) is 0. The van der Waals surface area contributed by atoms with E-state index < -0.39 is 21.8 Å². The first-order valence-electron chi connectivity index (χ1n) is 7.14. The molecule has 0 aliphatic heterocycles. The van der Waals surface area contributed by atoms with Gasteiger partial charge in [-0.25, -0.2) is 18.5 Å². The molecule has 6 nitrogen and oxygen atoms in total. The number of pyridine rings is 1. The number of anilines is 1. The molecule has 0 bridgehead atoms. The molecule has 11 heteroatoms. The van der Waals surface area contributed by atoms with E-state index in [1.165, 1.54) is 30.3 Å². The van der Waals surface area contributed by atoms with Crippen LogP contribution in [0.4, 0.5) is 18.9 Å². The second-order valence-electron chi connectivity index (χ2n) is 5.10.